The first kappa shape index (κ1) is 14.6. The molecule has 0 aliphatic heterocycles. The van der Waals surface area contributed by atoms with Crippen LogP contribution >= 0.6 is 0 Å². The molecule has 0 unspecified atom stereocenters. The fourth-order valence-electron chi connectivity index (χ4n) is 1.46. The Hall–Kier alpha value is -1.47. The monoisotopic (exact) mass is 273 g/mol. The molecule has 0 N–H and O–H groups in total. The highest BCUT2D eigenvalue weighted by Crippen LogP contribution is 2.19. The van der Waals surface area contributed by atoms with Crippen LogP contribution in [-0.4, -0.2) is 19.4 Å². The van der Waals surface area contributed by atoms with Crippen LogP contribution in [0.15, 0.2) is 29.2 Å². The fourth-order valence-corrected chi connectivity index (χ4v) is 2.57. The standard InChI is InChI=1S/C11H15NO5S/c1-3-4-9(2)17-18(15,16)11-7-5-10(6-8-11)12(13)14/h5-9H,3-4H2,1-2H3/t9-/m0/s1. The van der Waals surface area contributed by atoms with Gasteiger partial charge in [0, 0.05) is 12.1 Å². The van der Waals surface area contributed by atoms with E-state index in [1.54, 1.807) is 6.92 Å². The van der Waals surface area contributed by atoms with Gasteiger partial charge in [-0.3, -0.25) is 14.3 Å². The molecule has 6 nitrogen and oxygen atoms in total. The summed E-state index contributed by atoms with van der Waals surface area (Å²) in [5, 5.41) is 10.4. The van der Waals surface area contributed by atoms with E-state index in [0.717, 1.165) is 18.6 Å². The molecule has 100 valence electrons. The summed E-state index contributed by atoms with van der Waals surface area (Å²) in [5.41, 5.74) is -0.157. The molecule has 1 aromatic rings. The van der Waals surface area contributed by atoms with Crippen molar-refractivity contribution in [2.45, 2.75) is 37.7 Å². The minimum atomic E-state index is -3.85. The molecule has 1 rings (SSSR count). The number of non-ortho nitro benzene ring substituents is 1. The first-order valence-corrected chi connectivity index (χ1v) is 6.95. The van der Waals surface area contributed by atoms with E-state index in [1.165, 1.54) is 12.1 Å². The third kappa shape index (κ3) is 3.78. The minimum absolute atomic E-state index is 0.0731. The first-order valence-electron chi connectivity index (χ1n) is 5.54. The van der Waals surface area contributed by atoms with E-state index < -0.39 is 21.1 Å². The number of hydrogen-bond acceptors (Lipinski definition) is 5. The molecule has 0 fully saturated rings. The second-order valence-corrected chi connectivity index (χ2v) is 5.47. The zero-order chi connectivity index (χ0) is 13.8. The molecular formula is C11H15NO5S. The molecule has 0 aliphatic rings. The van der Waals surface area contributed by atoms with Crippen molar-refractivity contribution in [3.05, 3.63) is 34.4 Å². The van der Waals surface area contributed by atoms with Crippen molar-refractivity contribution in [1.29, 1.82) is 0 Å². The van der Waals surface area contributed by atoms with E-state index in [1.807, 2.05) is 6.92 Å². The molecule has 0 aliphatic carbocycles. The second-order valence-electron chi connectivity index (χ2n) is 3.90. The van der Waals surface area contributed by atoms with Crippen LogP contribution in [0.1, 0.15) is 26.7 Å². The van der Waals surface area contributed by atoms with Gasteiger partial charge in [0.25, 0.3) is 15.8 Å². The molecule has 0 saturated heterocycles. The Morgan fingerprint density at radius 3 is 2.33 bits per heavy atom. The summed E-state index contributed by atoms with van der Waals surface area (Å²) in [6.45, 7) is 3.60. The van der Waals surface area contributed by atoms with Crippen LogP contribution in [0.2, 0.25) is 0 Å². The highest BCUT2D eigenvalue weighted by molar-refractivity contribution is 7.86. The Balaban J connectivity index is 2.88. The zero-order valence-electron chi connectivity index (χ0n) is 10.2. The molecule has 18 heavy (non-hydrogen) atoms. The largest absolute Gasteiger partial charge is 0.297 e. The topological polar surface area (TPSA) is 86.5 Å². The molecule has 0 bridgehead atoms. The van der Waals surface area contributed by atoms with E-state index in [4.69, 9.17) is 4.18 Å². The Kier molecular flexibility index (Phi) is 4.80. The Morgan fingerprint density at radius 2 is 1.89 bits per heavy atom. The van der Waals surface area contributed by atoms with Crippen LogP contribution in [0.25, 0.3) is 0 Å². The van der Waals surface area contributed by atoms with Crippen LogP contribution in [0, 0.1) is 10.1 Å². The maximum absolute atomic E-state index is 11.8. The van der Waals surface area contributed by atoms with E-state index >= 15 is 0 Å². The summed E-state index contributed by atoms with van der Waals surface area (Å²) in [4.78, 5) is 9.79. The van der Waals surface area contributed by atoms with Gasteiger partial charge in [0.2, 0.25) is 0 Å². The normalized spacial score (nSPS) is 13.2. The lowest BCUT2D eigenvalue weighted by Gasteiger charge is -2.11. The van der Waals surface area contributed by atoms with Gasteiger partial charge in [-0.05, 0) is 25.5 Å². The number of benzene rings is 1. The van der Waals surface area contributed by atoms with Crippen molar-refractivity contribution in [3.63, 3.8) is 0 Å². The summed E-state index contributed by atoms with van der Waals surface area (Å²) in [7, 11) is -3.85. The SMILES string of the molecule is CCC[C@H](C)OS(=O)(=O)c1ccc([N+](=O)[O-])cc1. The first-order chi connectivity index (χ1) is 8.36. The molecule has 0 radical (unpaired) electrons. The zero-order valence-corrected chi connectivity index (χ0v) is 11.0. The van der Waals surface area contributed by atoms with Gasteiger partial charge in [-0.15, -0.1) is 0 Å². The average Bonchev–Trinajstić information content (AvgIpc) is 2.28. The van der Waals surface area contributed by atoms with Gasteiger partial charge >= 0.3 is 0 Å². The third-order valence-corrected chi connectivity index (χ3v) is 3.75. The summed E-state index contributed by atoms with van der Waals surface area (Å²) >= 11 is 0. The van der Waals surface area contributed by atoms with Crippen molar-refractivity contribution in [2.75, 3.05) is 0 Å². The lowest BCUT2D eigenvalue weighted by Crippen LogP contribution is -2.15. The molecule has 0 saturated carbocycles. The van der Waals surface area contributed by atoms with Gasteiger partial charge in [-0.2, -0.15) is 8.42 Å². The number of nitro groups is 1. The summed E-state index contributed by atoms with van der Waals surface area (Å²) < 4.78 is 28.6. The van der Waals surface area contributed by atoms with E-state index in [-0.39, 0.29) is 10.6 Å². The van der Waals surface area contributed by atoms with E-state index in [0.29, 0.717) is 6.42 Å². The highest BCUT2D eigenvalue weighted by atomic mass is 32.2. The van der Waals surface area contributed by atoms with Gasteiger partial charge in [-0.25, -0.2) is 0 Å². The summed E-state index contributed by atoms with van der Waals surface area (Å²) in [6, 6.07) is 4.62. The van der Waals surface area contributed by atoms with Gasteiger partial charge in [0.15, 0.2) is 0 Å². The van der Waals surface area contributed by atoms with Crippen LogP contribution < -0.4 is 0 Å². The van der Waals surface area contributed by atoms with Gasteiger partial charge < -0.3 is 0 Å². The van der Waals surface area contributed by atoms with Gasteiger partial charge in [0.1, 0.15) is 0 Å². The lowest BCUT2D eigenvalue weighted by atomic mass is 10.2. The van der Waals surface area contributed by atoms with Crippen molar-refractivity contribution in [3.8, 4) is 0 Å². The van der Waals surface area contributed by atoms with Crippen molar-refractivity contribution in [2.24, 2.45) is 0 Å². The molecule has 0 amide bonds. The van der Waals surface area contributed by atoms with Crippen molar-refractivity contribution in [1.82, 2.24) is 0 Å². The fraction of sp³-hybridized carbons (Fsp3) is 0.455. The Morgan fingerprint density at radius 1 is 1.33 bits per heavy atom. The quantitative estimate of drug-likeness (QED) is 0.451. The summed E-state index contributed by atoms with van der Waals surface area (Å²) in [5.74, 6) is 0. The minimum Gasteiger partial charge on any atom is -0.263 e. The Labute approximate surface area is 106 Å². The number of hydrogen-bond donors (Lipinski definition) is 0. The predicted molar refractivity (Wildman–Crippen MR) is 65.7 cm³/mol. The average molecular weight is 273 g/mol. The third-order valence-electron chi connectivity index (χ3n) is 2.32. The maximum atomic E-state index is 11.8. The van der Waals surface area contributed by atoms with E-state index in [9.17, 15) is 18.5 Å². The van der Waals surface area contributed by atoms with Crippen molar-refractivity contribution < 1.29 is 17.5 Å². The smallest absolute Gasteiger partial charge is 0.263 e. The van der Waals surface area contributed by atoms with Crippen LogP contribution in [0.3, 0.4) is 0 Å². The predicted octanol–water partition coefficient (Wildman–Crippen LogP) is 2.49. The number of rotatable bonds is 6. The maximum Gasteiger partial charge on any atom is 0.297 e. The van der Waals surface area contributed by atoms with Crippen molar-refractivity contribution >= 4 is 15.8 Å². The molecule has 0 aromatic heterocycles. The van der Waals surface area contributed by atoms with E-state index in [2.05, 4.69) is 0 Å². The highest BCUT2D eigenvalue weighted by Gasteiger charge is 2.19. The number of nitro benzene ring substituents is 1. The van der Waals surface area contributed by atoms with Gasteiger partial charge in [-0.1, -0.05) is 13.3 Å². The molecular weight excluding hydrogens is 258 g/mol. The van der Waals surface area contributed by atoms with Crippen LogP contribution in [0.5, 0.6) is 0 Å². The van der Waals surface area contributed by atoms with Crippen LogP contribution in [-0.2, 0) is 14.3 Å². The molecule has 7 heteroatoms. The number of nitrogens with zero attached hydrogens (tertiary/aromatic N) is 1. The molecule has 0 spiro atoms. The van der Waals surface area contributed by atoms with Crippen LogP contribution in [0.4, 0.5) is 5.69 Å². The molecule has 0 heterocycles. The second kappa shape index (κ2) is 5.92. The lowest BCUT2D eigenvalue weighted by molar-refractivity contribution is -0.384. The molecule has 1 atom stereocenters. The summed E-state index contributed by atoms with van der Waals surface area (Å²) in [6.07, 6.45) is 1.04. The Bertz CT molecular complexity index is 509. The molecule has 1 aromatic carbocycles. The van der Waals surface area contributed by atoms with Gasteiger partial charge in [0.05, 0.1) is 15.9 Å².